The van der Waals surface area contributed by atoms with Gasteiger partial charge in [0.2, 0.25) is 0 Å². The fourth-order valence-electron chi connectivity index (χ4n) is 1.78. The molecule has 3 heteroatoms. The summed E-state index contributed by atoms with van der Waals surface area (Å²) in [7, 11) is 0. The lowest BCUT2D eigenvalue weighted by Gasteiger charge is -1.96. The maximum absolute atomic E-state index is 11.3. The summed E-state index contributed by atoms with van der Waals surface area (Å²) in [6.07, 6.45) is 0. The van der Waals surface area contributed by atoms with Crippen LogP contribution in [0.4, 0.5) is 0 Å². The number of nitrogens with one attached hydrogen (secondary N) is 2. The van der Waals surface area contributed by atoms with E-state index in [9.17, 15) is 4.79 Å². The standard InChI is InChI=1S/C11H8N2O.C2H6/c14-11-9-6-5-7-3-1-2-4-8(7)10(9)12-13-11;1-2/h1-6H,(H2,12,13,14);1-2H3. The van der Waals surface area contributed by atoms with E-state index in [1.165, 1.54) is 0 Å². The van der Waals surface area contributed by atoms with Crippen molar-refractivity contribution in [2.75, 3.05) is 0 Å². The molecule has 0 aliphatic rings. The predicted molar refractivity (Wildman–Crippen MR) is 67.8 cm³/mol. The van der Waals surface area contributed by atoms with Crippen LogP contribution in [-0.4, -0.2) is 10.2 Å². The maximum atomic E-state index is 11.3. The van der Waals surface area contributed by atoms with Crippen molar-refractivity contribution in [3.05, 3.63) is 46.8 Å². The van der Waals surface area contributed by atoms with Gasteiger partial charge in [0.1, 0.15) is 0 Å². The minimum atomic E-state index is -0.0641. The molecule has 0 aliphatic carbocycles. The minimum absolute atomic E-state index is 0.0641. The second-order valence-electron chi connectivity index (χ2n) is 3.29. The third-order valence-electron chi connectivity index (χ3n) is 2.47. The molecular formula is C13H14N2O. The molecule has 0 fully saturated rings. The summed E-state index contributed by atoms with van der Waals surface area (Å²) in [5.74, 6) is 0. The number of benzene rings is 2. The Morgan fingerprint density at radius 1 is 0.875 bits per heavy atom. The van der Waals surface area contributed by atoms with Crippen LogP contribution in [0.2, 0.25) is 0 Å². The molecule has 16 heavy (non-hydrogen) atoms. The monoisotopic (exact) mass is 214 g/mol. The molecule has 3 nitrogen and oxygen atoms in total. The van der Waals surface area contributed by atoms with Gasteiger partial charge in [-0.3, -0.25) is 15.0 Å². The van der Waals surface area contributed by atoms with Gasteiger partial charge in [0.05, 0.1) is 10.9 Å². The van der Waals surface area contributed by atoms with E-state index >= 15 is 0 Å². The molecule has 1 heterocycles. The van der Waals surface area contributed by atoms with E-state index in [2.05, 4.69) is 10.2 Å². The van der Waals surface area contributed by atoms with E-state index in [4.69, 9.17) is 0 Å². The number of aromatic amines is 2. The van der Waals surface area contributed by atoms with Gasteiger partial charge in [-0.2, -0.15) is 0 Å². The molecule has 1 aromatic heterocycles. The Hall–Kier alpha value is -2.03. The molecule has 82 valence electrons. The molecule has 0 radical (unpaired) electrons. The Balaban J connectivity index is 0.000000457. The second kappa shape index (κ2) is 4.23. The average Bonchev–Trinajstić information content (AvgIpc) is 2.74. The summed E-state index contributed by atoms with van der Waals surface area (Å²) in [5.41, 5.74) is 0.818. The third kappa shape index (κ3) is 1.50. The van der Waals surface area contributed by atoms with Crippen LogP contribution in [0, 0.1) is 0 Å². The molecule has 0 aliphatic heterocycles. The lowest BCUT2D eigenvalue weighted by molar-refractivity contribution is 1.08. The molecule has 2 N–H and O–H groups in total. The van der Waals surface area contributed by atoms with Crippen molar-refractivity contribution in [3.8, 4) is 0 Å². The van der Waals surface area contributed by atoms with Gasteiger partial charge in [0.15, 0.2) is 0 Å². The molecule has 0 unspecified atom stereocenters. The molecule has 0 atom stereocenters. The highest BCUT2D eigenvalue weighted by atomic mass is 16.1. The van der Waals surface area contributed by atoms with Crippen LogP contribution in [0.3, 0.4) is 0 Å². The number of aromatic nitrogens is 2. The average molecular weight is 214 g/mol. The van der Waals surface area contributed by atoms with E-state index in [-0.39, 0.29) is 5.56 Å². The summed E-state index contributed by atoms with van der Waals surface area (Å²) in [4.78, 5) is 11.3. The zero-order chi connectivity index (χ0) is 11.5. The van der Waals surface area contributed by atoms with Crippen LogP contribution in [0.25, 0.3) is 21.7 Å². The highest BCUT2D eigenvalue weighted by molar-refractivity contribution is 6.04. The lowest BCUT2D eigenvalue weighted by atomic mass is 10.1. The first kappa shape index (κ1) is 10.5. The number of rotatable bonds is 0. The molecule has 3 aromatic rings. The van der Waals surface area contributed by atoms with Crippen LogP contribution in [-0.2, 0) is 0 Å². The topological polar surface area (TPSA) is 48.6 Å². The van der Waals surface area contributed by atoms with Gasteiger partial charge in [-0.25, -0.2) is 0 Å². The van der Waals surface area contributed by atoms with E-state index in [0.29, 0.717) is 5.39 Å². The molecule has 0 amide bonds. The first-order valence-electron chi connectivity index (χ1n) is 5.44. The van der Waals surface area contributed by atoms with E-state index in [0.717, 1.165) is 16.3 Å². The first-order valence-corrected chi connectivity index (χ1v) is 5.44. The van der Waals surface area contributed by atoms with Crippen molar-refractivity contribution in [2.24, 2.45) is 0 Å². The van der Waals surface area contributed by atoms with Gasteiger partial charge in [-0.15, -0.1) is 0 Å². The lowest BCUT2D eigenvalue weighted by Crippen LogP contribution is -1.96. The number of H-pyrrole nitrogens is 2. The van der Waals surface area contributed by atoms with Crippen molar-refractivity contribution in [3.63, 3.8) is 0 Å². The molecule has 0 saturated heterocycles. The molecular weight excluding hydrogens is 200 g/mol. The highest BCUT2D eigenvalue weighted by Crippen LogP contribution is 2.20. The Labute approximate surface area is 93.1 Å². The van der Waals surface area contributed by atoms with Crippen LogP contribution < -0.4 is 5.56 Å². The maximum Gasteiger partial charge on any atom is 0.271 e. The Kier molecular flexibility index (Phi) is 2.77. The number of fused-ring (bicyclic) bond motifs is 3. The molecule has 0 saturated carbocycles. The van der Waals surface area contributed by atoms with E-state index in [1.54, 1.807) is 0 Å². The fraction of sp³-hybridized carbons (Fsp3) is 0.154. The van der Waals surface area contributed by atoms with Gasteiger partial charge in [-0.05, 0) is 11.5 Å². The molecule has 0 spiro atoms. The Morgan fingerprint density at radius 3 is 2.44 bits per heavy atom. The Morgan fingerprint density at radius 2 is 1.62 bits per heavy atom. The molecule has 0 bridgehead atoms. The highest BCUT2D eigenvalue weighted by Gasteiger charge is 2.03. The van der Waals surface area contributed by atoms with Gasteiger partial charge in [0, 0.05) is 5.39 Å². The third-order valence-corrected chi connectivity index (χ3v) is 2.47. The summed E-state index contributed by atoms with van der Waals surface area (Å²) < 4.78 is 0. The van der Waals surface area contributed by atoms with Crippen LogP contribution in [0.5, 0.6) is 0 Å². The summed E-state index contributed by atoms with van der Waals surface area (Å²) >= 11 is 0. The molecule has 2 aromatic carbocycles. The largest absolute Gasteiger partial charge is 0.297 e. The van der Waals surface area contributed by atoms with Crippen LogP contribution in [0.15, 0.2) is 41.2 Å². The van der Waals surface area contributed by atoms with Gasteiger partial charge in [0.25, 0.3) is 5.56 Å². The summed E-state index contributed by atoms with van der Waals surface area (Å²) in [6, 6.07) is 11.8. The van der Waals surface area contributed by atoms with Crippen molar-refractivity contribution in [1.82, 2.24) is 10.2 Å². The van der Waals surface area contributed by atoms with E-state index in [1.807, 2.05) is 50.2 Å². The van der Waals surface area contributed by atoms with Crippen molar-refractivity contribution in [1.29, 1.82) is 0 Å². The normalized spacial score (nSPS) is 10.1. The van der Waals surface area contributed by atoms with E-state index < -0.39 is 0 Å². The SMILES string of the molecule is CC.O=c1[nH][nH]c2c1ccc1ccccc12. The zero-order valence-corrected chi connectivity index (χ0v) is 9.37. The Bertz CT molecular complexity index is 664. The van der Waals surface area contributed by atoms with Crippen molar-refractivity contribution >= 4 is 21.7 Å². The van der Waals surface area contributed by atoms with Gasteiger partial charge < -0.3 is 0 Å². The quantitative estimate of drug-likeness (QED) is 0.593. The van der Waals surface area contributed by atoms with Crippen LogP contribution in [0.1, 0.15) is 13.8 Å². The summed E-state index contributed by atoms with van der Waals surface area (Å²) in [6.45, 7) is 4.00. The van der Waals surface area contributed by atoms with Crippen LogP contribution >= 0.6 is 0 Å². The molecule has 3 rings (SSSR count). The predicted octanol–water partition coefficient (Wildman–Crippen LogP) is 3.04. The first-order chi connectivity index (χ1) is 7.86. The zero-order valence-electron chi connectivity index (χ0n) is 9.37. The van der Waals surface area contributed by atoms with Gasteiger partial charge in [-0.1, -0.05) is 44.2 Å². The second-order valence-corrected chi connectivity index (χ2v) is 3.29. The van der Waals surface area contributed by atoms with Crippen molar-refractivity contribution < 1.29 is 0 Å². The minimum Gasteiger partial charge on any atom is -0.297 e. The smallest absolute Gasteiger partial charge is 0.271 e. The fourth-order valence-corrected chi connectivity index (χ4v) is 1.78. The number of hydrogen-bond acceptors (Lipinski definition) is 1. The summed E-state index contributed by atoms with van der Waals surface area (Å²) in [5, 5.41) is 8.40. The number of hydrogen-bond donors (Lipinski definition) is 2. The van der Waals surface area contributed by atoms with Gasteiger partial charge >= 0.3 is 0 Å². The van der Waals surface area contributed by atoms with Crippen molar-refractivity contribution in [2.45, 2.75) is 13.8 Å².